The summed E-state index contributed by atoms with van der Waals surface area (Å²) in [5.41, 5.74) is 8.00. The van der Waals surface area contributed by atoms with Crippen molar-refractivity contribution in [3.63, 3.8) is 0 Å². The molecule has 3 N–H and O–H groups in total. The Balaban J connectivity index is 0.774. The molecule has 0 spiro atoms. The Morgan fingerprint density at radius 3 is 2.38 bits per heavy atom. The molecule has 5 aromatic rings. The van der Waals surface area contributed by atoms with E-state index >= 15 is 0 Å². The first-order valence-corrected chi connectivity index (χ1v) is 28.5. The van der Waals surface area contributed by atoms with Crippen molar-refractivity contribution in [2.75, 3.05) is 85.2 Å². The Hall–Kier alpha value is -5.41. The van der Waals surface area contributed by atoms with Crippen LogP contribution in [0.4, 0.5) is 34.5 Å². The van der Waals surface area contributed by atoms with E-state index in [1.807, 2.05) is 58.0 Å². The number of imide groups is 1. The fourth-order valence-corrected chi connectivity index (χ4v) is 15.4. The summed E-state index contributed by atoms with van der Waals surface area (Å²) in [7, 11) is -2.64. The van der Waals surface area contributed by atoms with Crippen molar-refractivity contribution < 1.29 is 23.7 Å². The van der Waals surface area contributed by atoms with Gasteiger partial charge in [0.15, 0.2) is 0 Å². The predicted octanol–water partition coefficient (Wildman–Crippen LogP) is 8.58. The van der Waals surface area contributed by atoms with Crippen molar-refractivity contribution in [2.24, 2.45) is 0 Å². The molecule has 17 heteroatoms. The molecule has 4 saturated heterocycles. The minimum absolute atomic E-state index is 0.0835. The Morgan fingerprint density at radius 1 is 0.873 bits per heavy atom. The zero-order chi connectivity index (χ0) is 49.6. The van der Waals surface area contributed by atoms with Crippen LogP contribution in [0.25, 0.3) is 10.9 Å². The van der Waals surface area contributed by atoms with Crippen molar-refractivity contribution >= 4 is 91.5 Å². The Morgan fingerprint density at radius 2 is 1.65 bits per heavy atom. The monoisotopic (exact) mass is 1040 g/mol. The van der Waals surface area contributed by atoms with Crippen molar-refractivity contribution in [3.8, 4) is 5.75 Å². The smallest absolute Gasteiger partial charge is 0.249 e. The standard InChI is InChI=1S/C54H66BrN10O5P/c1-6-35-31-42(59-53-56-33-39(55)50(61-53)58-41-16-15-40-38(14-13-34(3)57-40)49(41)71(69)29-8-9-30-71)46(70-7-2)32-45(35)64-23-20-37(21-24-64)63-27-25-62(26-28-63)22-19-36-11-10-12-43-48(36)54(4,5)52(68)65(43)44-17-18-47(66)60-51(44)67/h10-16,31-33,37,44H,6-9,17-30H2,1-5H3,(H,60,66,67)(H2,56,58,59,61). The number of nitrogens with one attached hydrogen (secondary N) is 3. The number of hydrogen-bond acceptors (Lipinski definition) is 13. The highest BCUT2D eigenvalue weighted by atomic mass is 79.9. The molecule has 0 bridgehead atoms. The summed E-state index contributed by atoms with van der Waals surface area (Å²) in [4.78, 5) is 62.4. The first-order valence-electron chi connectivity index (χ1n) is 25.6. The number of anilines is 6. The minimum Gasteiger partial charge on any atom is -0.492 e. The molecule has 71 heavy (non-hydrogen) atoms. The Bertz CT molecular complexity index is 2920. The molecule has 10 rings (SSSR count). The van der Waals surface area contributed by atoms with Gasteiger partial charge in [0.05, 0.1) is 33.4 Å². The van der Waals surface area contributed by atoms with Crippen LogP contribution in [0, 0.1) is 6.92 Å². The maximum atomic E-state index is 14.5. The van der Waals surface area contributed by atoms with E-state index in [4.69, 9.17) is 14.7 Å². The maximum Gasteiger partial charge on any atom is 0.249 e. The van der Waals surface area contributed by atoms with E-state index < -0.39 is 24.5 Å². The van der Waals surface area contributed by atoms with Crippen LogP contribution in [0.1, 0.15) is 88.6 Å². The second-order valence-corrected chi connectivity index (χ2v) is 24.3. The molecule has 7 heterocycles. The van der Waals surface area contributed by atoms with E-state index in [0.717, 1.165) is 140 Å². The summed E-state index contributed by atoms with van der Waals surface area (Å²) in [5.74, 6) is 0.981. The quantitative estimate of drug-likeness (QED) is 0.0716. The largest absolute Gasteiger partial charge is 0.492 e. The number of rotatable bonds is 14. The lowest BCUT2D eigenvalue weighted by atomic mass is 9.82. The number of nitrogens with zero attached hydrogens (tertiary/aromatic N) is 7. The highest BCUT2D eigenvalue weighted by Gasteiger charge is 2.50. The van der Waals surface area contributed by atoms with Gasteiger partial charge in [-0.3, -0.25) is 34.5 Å². The van der Waals surface area contributed by atoms with E-state index in [1.165, 1.54) is 11.3 Å². The predicted molar refractivity (Wildman–Crippen MR) is 286 cm³/mol. The Labute approximate surface area is 425 Å². The molecule has 1 unspecified atom stereocenters. The van der Waals surface area contributed by atoms with E-state index in [9.17, 15) is 18.9 Å². The van der Waals surface area contributed by atoms with E-state index in [0.29, 0.717) is 47.6 Å². The lowest BCUT2D eigenvalue weighted by Crippen LogP contribution is -2.55. The van der Waals surface area contributed by atoms with Gasteiger partial charge in [-0.15, -0.1) is 0 Å². The molecular formula is C54H66BrN10O5P. The molecule has 2 aromatic heterocycles. The van der Waals surface area contributed by atoms with Crippen LogP contribution in [-0.2, 0) is 37.2 Å². The second kappa shape index (κ2) is 20.2. The van der Waals surface area contributed by atoms with E-state index in [2.05, 4.69) is 82.8 Å². The fourth-order valence-electron chi connectivity index (χ4n) is 11.8. The van der Waals surface area contributed by atoms with Crippen LogP contribution in [0.15, 0.2) is 65.3 Å². The number of hydrogen-bond donors (Lipinski definition) is 3. The molecule has 0 saturated carbocycles. The first kappa shape index (κ1) is 49.2. The molecule has 374 valence electrons. The summed E-state index contributed by atoms with van der Waals surface area (Å²) < 4.78 is 21.5. The average molecular weight is 1050 g/mol. The van der Waals surface area contributed by atoms with Crippen LogP contribution < -0.4 is 35.8 Å². The zero-order valence-corrected chi connectivity index (χ0v) is 44.1. The molecule has 5 aliphatic heterocycles. The van der Waals surface area contributed by atoms with Crippen LogP contribution in [-0.4, -0.2) is 119 Å². The number of aromatic nitrogens is 3. The van der Waals surface area contributed by atoms with Crippen LogP contribution in [0.3, 0.4) is 0 Å². The van der Waals surface area contributed by atoms with Gasteiger partial charge in [0.25, 0.3) is 0 Å². The van der Waals surface area contributed by atoms with Crippen LogP contribution in [0.2, 0.25) is 0 Å². The molecule has 4 fully saturated rings. The zero-order valence-electron chi connectivity index (χ0n) is 41.7. The molecule has 3 amide bonds. The number of halogens is 1. The number of carbonyl (C=O) groups is 3. The van der Waals surface area contributed by atoms with Crippen molar-refractivity contribution in [1.29, 1.82) is 0 Å². The normalized spacial score (nSPS) is 20.6. The summed E-state index contributed by atoms with van der Waals surface area (Å²) in [6.07, 6.45) is 9.46. The van der Waals surface area contributed by atoms with Gasteiger partial charge in [-0.05, 0) is 136 Å². The SMILES string of the molecule is CCOc1cc(N2CCC(N3CCN(CCc4cccc5c4C(C)(C)C(=O)N5C4CCC(=O)NC4=O)CC3)CC2)c(CC)cc1Nc1ncc(Br)c(Nc2ccc3nc(C)ccc3c2P2(=O)CCCC2)n1. The summed E-state index contributed by atoms with van der Waals surface area (Å²) in [5, 5.41) is 11.3. The molecule has 3 aromatic carbocycles. The first-order chi connectivity index (χ1) is 34.2. The number of pyridine rings is 1. The van der Waals surface area contributed by atoms with Crippen molar-refractivity contribution in [2.45, 2.75) is 103 Å². The van der Waals surface area contributed by atoms with Gasteiger partial charge in [-0.25, -0.2) is 4.98 Å². The molecule has 1 atom stereocenters. The number of piperazine rings is 1. The summed E-state index contributed by atoms with van der Waals surface area (Å²) in [6, 6.07) is 18.3. The van der Waals surface area contributed by atoms with Crippen LogP contribution >= 0.6 is 23.1 Å². The molecule has 5 aliphatic rings. The summed E-state index contributed by atoms with van der Waals surface area (Å²) >= 11 is 3.69. The molecule has 15 nitrogen and oxygen atoms in total. The van der Waals surface area contributed by atoms with E-state index in [1.54, 1.807) is 11.1 Å². The number of carbonyl (C=O) groups excluding carboxylic acids is 3. The third kappa shape index (κ3) is 9.69. The highest BCUT2D eigenvalue weighted by Crippen LogP contribution is 2.54. The van der Waals surface area contributed by atoms with Gasteiger partial charge in [0.1, 0.15) is 24.8 Å². The third-order valence-corrected chi connectivity index (χ3v) is 19.5. The van der Waals surface area contributed by atoms with Crippen LogP contribution in [0.5, 0.6) is 5.75 Å². The van der Waals surface area contributed by atoms with Gasteiger partial charge >= 0.3 is 0 Å². The second-order valence-electron chi connectivity index (χ2n) is 20.4. The minimum atomic E-state index is -2.64. The summed E-state index contributed by atoms with van der Waals surface area (Å²) in [6.45, 7) is 17.5. The van der Waals surface area contributed by atoms with Gasteiger partial charge in [-0.1, -0.05) is 25.1 Å². The highest BCUT2D eigenvalue weighted by molar-refractivity contribution is 9.10. The molecular weight excluding hydrogens is 980 g/mol. The van der Waals surface area contributed by atoms with E-state index in [-0.39, 0.29) is 18.2 Å². The maximum absolute atomic E-state index is 14.5. The average Bonchev–Trinajstić information content (AvgIpc) is 3.90. The molecule has 0 radical (unpaired) electrons. The van der Waals surface area contributed by atoms with Gasteiger partial charge in [0, 0.05) is 111 Å². The third-order valence-electron chi connectivity index (χ3n) is 15.5. The number of piperidine rings is 2. The van der Waals surface area contributed by atoms with Gasteiger partial charge in [0.2, 0.25) is 23.7 Å². The molecule has 0 aliphatic carbocycles. The number of aryl methyl sites for hydroxylation is 2. The fraction of sp³-hybridized carbons (Fsp3) is 0.481. The number of ether oxygens (including phenoxy) is 1. The Kier molecular flexibility index (Phi) is 14.0. The van der Waals surface area contributed by atoms with Gasteiger partial charge < -0.3 is 29.7 Å². The lowest BCUT2D eigenvalue weighted by molar-refractivity contribution is -0.136. The van der Waals surface area contributed by atoms with Crippen molar-refractivity contribution in [1.82, 2.24) is 30.1 Å². The lowest BCUT2D eigenvalue weighted by Gasteiger charge is -2.43. The number of benzene rings is 3. The number of amides is 3. The van der Waals surface area contributed by atoms with Gasteiger partial charge in [-0.2, -0.15) is 4.98 Å². The van der Waals surface area contributed by atoms with Crippen molar-refractivity contribution in [3.05, 3.63) is 87.7 Å². The number of fused-ring (bicyclic) bond motifs is 2. The topological polar surface area (TPSA) is 165 Å².